The van der Waals surface area contributed by atoms with Crippen molar-refractivity contribution in [3.05, 3.63) is 60.2 Å². The summed E-state index contributed by atoms with van der Waals surface area (Å²) in [6.07, 6.45) is 5.45. The van der Waals surface area contributed by atoms with Crippen molar-refractivity contribution in [2.75, 3.05) is 11.1 Å². The molecule has 1 aliphatic rings. The summed E-state index contributed by atoms with van der Waals surface area (Å²) in [4.78, 5) is 25.3. The van der Waals surface area contributed by atoms with E-state index in [9.17, 15) is 9.59 Å². The SMILES string of the molecule is O=C(CSc1ccccc1)Nc1ccc(C(=O)OC2CCCCC2)cc1. The first-order valence-corrected chi connectivity index (χ1v) is 9.98. The second kappa shape index (κ2) is 9.43. The summed E-state index contributed by atoms with van der Waals surface area (Å²) < 4.78 is 5.56. The number of thioether (sulfide) groups is 1. The summed E-state index contributed by atoms with van der Waals surface area (Å²) in [5.41, 5.74) is 1.20. The van der Waals surface area contributed by atoms with Gasteiger partial charge in [0, 0.05) is 10.6 Å². The molecule has 1 fully saturated rings. The van der Waals surface area contributed by atoms with E-state index in [0.717, 1.165) is 30.6 Å². The molecule has 0 aliphatic heterocycles. The van der Waals surface area contributed by atoms with Crippen molar-refractivity contribution < 1.29 is 14.3 Å². The molecular weight excluding hydrogens is 346 g/mol. The number of nitrogens with one attached hydrogen (secondary N) is 1. The maximum absolute atomic E-state index is 12.2. The molecule has 0 aromatic heterocycles. The van der Waals surface area contributed by atoms with Gasteiger partial charge in [0.1, 0.15) is 6.10 Å². The first-order chi connectivity index (χ1) is 12.7. The Hall–Kier alpha value is -2.27. The van der Waals surface area contributed by atoms with Crippen molar-refractivity contribution in [3.8, 4) is 0 Å². The third-order valence-corrected chi connectivity index (χ3v) is 5.36. The molecule has 5 heteroatoms. The molecule has 0 atom stereocenters. The molecule has 26 heavy (non-hydrogen) atoms. The smallest absolute Gasteiger partial charge is 0.338 e. The Morgan fingerprint density at radius 2 is 1.65 bits per heavy atom. The van der Waals surface area contributed by atoms with E-state index in [2.05, 4.69) is 5.32 Å². The van der Waals surface area contributed by atoms with Crippen LogP contribution >= 0.6 is 11.8 Å². The quantitative estimate of drug-likeness (QED) is 0.581. The van der Waals surface area contributed by atoms with Crippen LogP contribution in [0.2, 0.25) is 0 Å². The van der Waals surface area contributed by atoms with Crippen LogP contribution in [0.25, 0.3) is 0 Å². The largest absolute Gasteiger partial charge is 0.459 e. The van der Waals surface area contributed by atoms with Gasteiger partial charge in [0.15, 0.2) is 0 Å². The van der Waals surface area contributed by atoms with Crippen molar-refractivity contribution in [1.29, 1.82) is 0 Å². The van der Waals surface area contributed by atoms with E-state index in [-0.39, 0.29) is 18.0 Å². The normalized spacial score (nSPS) is 14.6. The monoisotopic (exact) mass is 369 g/mol. The van der Waals surface area contributed by atoms with Gasteiger partial charge in [-0.3, -0.25) is 4.79 Å². The summed E-state index contributed by atoms with van der Waals surface area (Å²) in [5.74, 6) is -0.0130. The number of benzene rings is 2. The Labute approximate surface area is 158 Å². The van der Waals surface area contributed by atoms with Gasteiger partial charge >= 0.3 is 5.97 Å². The lowest BCUT2D eigenvalue weighted by Crippen LogP contribution is -2.21. The fourth-order valence-electron chi connectivity index (χ4n) is 2.95. The van der Waals surface area contributed by atoms with E-state index in [0.29, 0.717) is 17.0 Å². The average molecular weight is 369 g/mol. The Kier molecular flexibility index (Phi) is 6.72. The van der Waals surface area contributed by atoms with Gasteiger partial charge in [0.25, 0.3) is 0 Å². The highest BCUT2D eigenvalue weighted by Gasteiger charge is 2.18. The van der Waals surface area contributed by atoms with Gasteiger partial charge in [0.05, 0.1) is 11.3 Å². The van der Waals surface area contributed by atoms with Crippen molar-refractivity contribution in [3.63, 3.8) is 0 Å². The number of esters is 1. The predicted octanol–water partition coefficient (Wildman–Crippen LogP) is 4.91. The van der Waals surface area contributed by atoms with Crippen LogP contribution in [0.1, 0.15) is 42.5 Å². The summed E-state index contributed by atoms with van der Waals surface area (Å²) in [6, 6.07) is 16.7. The maximum atomic E-state index is 12.2. The van der Waals surface area contributed by atoms with Crippen molar-refractivity contribution in [2.45, 2.75) is 43.1 Å². The number of amides is 1. The second-order valence-corrected chi connectivity index (χ2v) is 7.44. The zero-order chi connectivity index (χ0) is 18.2. The van der Waals surface area contributed by atoms with E-state index in [1.807, 2.05) is 30.3 Å². The third-order valence-electron chi connectivity index (χ3n) is 4.34. The van der Waals surface area contributed by atoms with Crippen LogP contribution in [-0.2, 0) is 9.53 Å². The minimum absolute atomic E-state index is 0.0469. The summed E-state index contributed by atoms with van der Waals surface area (Å²) in [6.45, 7) is 0. The van der Waals surface area contributed by atoms with Crippen LogP contribution < -0.4 is 5.32 Å². The lowest BCUT2D eigenvalue weighted by Gasteiger charge is -2.21. The van der Waals surface area contributed by atoms with E-state index < -0.39 is 0 Å². The average Bonchev–Trinajstić information content (AvgIpc) is 2.68. The van der Waals surface area contributed by atoms with Crippen LogP contribution in [0.3, 0.4) is 0 Å². The molecule has 1 aliphatic carbocycles. The third kappa shape index (κ3) is 5.63. The number of hydrogen-bond donors (Lipinski definition) is 1. The Bertz CT molecular complexity index is 725. The highest BCUT2D eigenvalue weighted by Crippen LogP contribution is 2.22. The lowest BCUT2D eigenvalue weighted by atomic mass is 9.98. The van der Waals surface area contributed by atoms with Gasteiger partial charge in [0.2, 0.25) is 5.91 Å². The number of ether oxygens (including phenoxy) is 1. The molecule has 136 valence electrons. The van der Waals surface area contributed by atoms with Crippen molar-refractivity contribution >= 4 is 29.3 Å². The minimum Gasteiger partial charge on any atom is -0.459 e. The zero-order valence-corrected chi connectivity index (χ0v) is 15.5. The number of anilines is 1. The lowest BCUT2D eigenvalue weighted by molar-refractivity contribution is -0.113. The standard InChI is InChI=1S/C21H23NO3S/c23-20(15-26-19-9-5-2-6-10-19)22-17-13-11-16(12-14-17)21(24)25-18-7-3-1-4-8-18/h2,5-6,9-14,18H,1,3-4,7-8,15H2,(H,22,23). The van der Waals surface area contributed by atoms with E-state index in [1.165, 1.54) is 18.2 Å². The van der Waals surface area contributed by atoms with Crippen LogP contribution in [0.4, 0.5) is 5.69 Å². The minimum atomic E-state index is -0.283. The topological polar surface area (TPSA) is 55.4 Å². The molecular formula is C21H23NO3S. The Morgan fingerprint density at radius 3 is 2.35 bits per heavy atom. The highest BCUT2D eigenvalue weighted by molar-refractivity contribution is 8.00. The first kappa shape index (κ1) is 18.5. The highest BCUT2D eigenvalue weighted by atomic mass is 32.2. The molecule has 0 heterocycles. The van der Waals surface area contributed by atoms with Crippen molar-refractivity contribution in [1.82, 2.24) is 0 Å². The van der Waals surface area contributed by atoms with E-state index in [1.54, 1.807) is 24.3 Å². The first-order valence-electron chi connectivity index (χ1n) is 8.99. The number of hydrogen-bond acceptors (Lipinski definition) is 4. The molecule has 0 saturated heterocycles. The number of carbonyl (C=O) groups is 2. The molecule has 1 N–H and O–H groups in total. The number of carbonyl (C=O) groups excluding carboxylic acids is 2. The fourth-order valence-corrected chi connectivity index (χ4v) is 3.67. The molecule has 0 unspecified atom stereocenters. The molecule has 4 nitrogen and oxygen atoms in total. The molecule has 0 bridgehead atoms. The molecule has 2 aromatic rings. The van der Waals surface area contributed by atoms with Gasteiger partial charge in [-0.2, -0.15) is 0 Å². The van der Waals surface area contributed by atoms with E-state index in [4.69, 9.17) is 4.74 Å². The van der Waals surface area contributed by atoms with Crippen LogP contribution in [-0.4, -0.2) is 23.7 Å². The molecule has 3 rings (SSSR count). The van der Waals surface area contributed by atoms with Crippen LogP contribution in [0.15, 0.2) is 59.5 Å². The number of rotatable bonds is 6. The van der Waals surface area contributed by atoms with Gasteiger partial charge < -0.3 is 10.1 Å². The van der Waals surface area contributed by atoms with Gasteiger partial charge in [-0.1, -0.05) is 24.6 Å². The summed E-state index contributed by atoms with van der Waals surface area (Å²) >= 11 is 1.49. The molecule has 1 saturated carbocycles. The Morgan fingerprint density at radius 1 is 0.962 bits per heavy atom. The van der Waals surface area contributed by atoms with E-state index >= 15 is 0 Å². The van der Waals surface area contributed by atoms with Crippen LogP contribution in [0, 0.1) is 0 Å². The summed E-state index contributed by atoms with van der Waals surface area (Å²) in [5, 5.41) is 2.85. The van der Waals surface area contributed by atoms with Gasteiger partial charge in [-0.05, 0) is 62.1 Å². The molecule has 0 radical (unpaired) electrons. The van der Waals surface area contributed by atoms with Crippen LogP contribution in [0.5, 0.6) is 0 Å². The van der Waals surface area contributed by atoms with Gasteiger partial charge in [-0.25, -0.2) is 4.79 Å². The van der Waals surface area contributed by atoms with Gasteiger partial charge in [-0.15, -0.1) is 11.8 Å². The second-order valence-electron chi connectivity index (χ2n) is 6.39. The van der Waals surface area contributed by atoms with Crippen molar-refractivity contribution in [2.24, 2.45) is 0 Å². The Balaban J connectivity index is 1.47. The zero-order valence-electron chi connectivity index (χ0n) is 14.6. The fraction of sp³-hybridized carbons (Fsp3) is 0.333. The molecule has 0 spiro atoms. The maximum Gasteiger partial charge on any atom is 0.338 e. The summed E-state index contributed by atoms with van der Waals surface area (Å²) in [7, 11) is 0. The predicted molar refractivity (Wildman–Crippen MR) is 105 cm³/mol. The molecule has 1 amide bonds. The molecule has 2 aromatic carbocycles.